The minimum absolute atomic E-state index is 0.752. The molecule has 0 saturated heterocycles. The number of carbonyl (C=O) groups excluding carboxylic acids is 3. The maximum Gasteiger partial charge on any atom is 0.251 e. The first-order valence-electron chi connectivity index (χ1n) is 4.16. The van der Waals surface area contributed by atoms with Crippen LogP contribution in [0.2, 0.25) is 0 Å². The largest absolute Gasteiger partial charge is 0.378 e. The molecule has 0 saturated carbocycles. The Kier molecular flexibility index (Phi) is 3.44. The van der Waals surface area contributed by atoms with Crippen molar-refractivity contribution in [3.8, 4) is 0 Å². The molecule has 0 aromatic carbocycles. The molecule has 7 N–H and O–H groups in total. The fourth-order valence-corrected chi connectivity index (χ4v) is 1.07. The predicted octanol–water partition coefficient (Wildman–Crippen LogP) is -2.41. The van der Waals surface area contributed by atoms with Gasteiger partial charge in [-0.3, -0.25) is 14.4 Å². The van der Waals surface area contributed by atoms with Gasteiger partial charge in [0.05, 0.1) is 11.8 Å². The summed E-state index contributed by atoms with van der Waals surface area (Å²) in [7, 11) is 0. The molecule has 1 unspecified atom stereocenters. The van der Waals surface area contributed by atoms with Crippen molar-refractivity contribution < 1.29 is 19.5 Å². The lowest BCUT2D eigenvalue weighted by Gasteiger charge is -2.36. The molecule has 0 bridgehead atoms. The second-order valence-corrected chi connectivity index (χ2v) is 3.86. The lowest BCUT2D eigenvalue weighted by atomic mass is 9.71. The standard InChI is InChI=1S/C8H15N3O4/c1-7(2,5(10)13)8(15,6(11)14)3-4(9)12/h15H,3H2,1-2H3,(H2,9,12)(H2,10,13)(H2,11,14). The van der Waals surface area contributed by atoms with Crippen molar-refractivity contribution in [2.75, 3.05) is 0 Å². The van der Waals surface area contributed by atoms with E-state index >= 15 is 0 Å². The SMILES string of the molecule is CC(C)(C(N)=O)C(O)(CC(N)=O)C(N)=O. The average Bonchev–Trinajstić information content (AvgIpc) is 2.01. The molecule has 0 aliphatic rings. The Labute approximate surface area is 86.6 Å². The quantitative estimate of drug-likeness (QED) is 0.405. The molecule has 86 valence electrons. The van der Waals surface area contributed by atoms with E-state index in [-0.39, 0.29) is 0 Å². The summed E-state index contributed by atoms with van der Waals surface area (Å²) in [4.78, 5) is 32.8. The van der Waals surface area contributed by atoms with Crippen molar-refractivity contribution in [2.45, 2.75) is 25.9 Å². The lowest BCUT2D eigenvalue weighted by molar-refractivity contribution is -0.162. The Morgan fingerprint density at radius 1 is 1.07 bits per heavy atom. The Hall–Kier alpha value is -1.63. The van der Waals surface area contributed by atoms with Crippen LogP contribution in [0.15, 0.2) is 0 Å². The van der Waals surface area contributed by atoms with Crippen LogP contribution in [0.25, 0.3) is 0 Å². The number of hydrogen-bond acceptors (Lipinski definition) is 4. The van der Waals surface area contributed by atoms with E-state index in [4.69, 9.17) is 17.2 Å². The summed E-state index contributed by atoms with van der Waals surface area (Å²) in [6.07, 6.45) is -0.752. The number of carbonyl (C=O) groups is 3. The second kappa shape index (κ2) is 3.85. The fraction of sp³-hybridized carbons (Fsp3) is 0.625. The molecule has 15 heavy (non-hydrogen) atoms. The van der Waals surface area contributed by atoms with Crippen molar-refractivity contribution >= 4 is 17.7 Å². The highest BCUT2D eigenvalue weighted by molar-refractivity contribution is 5.96. The van der Waals surface area contributed by atoms with Crippen LogP contribution in [-0.2, 0) is 14.4 Å². The molecule has 0 spiro atoms. The highest BCUT2D eigenvalue weighted by atomic mass is 16.3. The molecule has 0 heterocycles. The molecule has 7 nitrogen and oxygen atoms in total. The number of amides is 3. The predicted molar refractivity (Wildman–Crippen MR) is 50.9 cm³/mol. The van der Waals surface area contributed by atoms with Gasteiger partial charge < -0.3 is 22.3 Å². The molecule has 0 rings (SSSR count). The summed E-state index contributed by atoms with van der Waals surface area (Å²) < 4.78 is 0. The smallest absolute Gasteiger partial charge is 0.251 e. The van der Waals surface area contributed by atoms with Crippen LogP contribution < -0.4 is 17.2 Å². The molecule has 0 aliphatic heterocycles. The lowest BCUT2D eigenvalue weighted by Crippen LogP contribution is -2.61. The third-order valence-electron chi connectivity index (χ3n) is 2.49. The van der Waals surface area contributed by atoms with Crippen LogP contribution >= 0.6 is 0 Å². The Morgan fingerprint density at radius 3 is 1.67 bits per heavy atom. The Bertz CT molecular complexity index is 313. The molecule has 0 aromatic rings. The monoisotopic (exact) mass is 217 g/mol. The number of rotatable bonds is 5. The molecule has 0 fully saturated rings. The van der Waals surface area contributed by atoms with Gasteiger partial charge in [-0.1, -0.05) is 0 Å². The minimum atomic E-state index is -2.37. The van der Waals surface area contributed by atoms with Gasteiger partial charge >= 0.3 is 0 Å². The van der Waals surface area contributed by atoms with Crippen molar-refractivity contribution in [3.05, 3.63) is 0 Å². The third-order valence-corrected chi connectivity index (χ3v) is 2.49. The summed E-state index contributed by atoms with van der Waals surface area (Å²) in [6, 6.07) is 0. The number of hydrogen-bond donors (Lipinski definition) is 4. The van der Waals surface area contributed by atoms with E-state index in [0.29, 0.717) is 0 Å². The molecule has 0 radical (unpaired) electrons. The van der Waals surface area contributed by atoms with Crippen LogP contribution in [0.1, 0.15) is 20.3 Å². The van der Waals surface area contributed by atoms with Gasteiger partial charge in [0, 0.05) is 0 Å². The van der Waals surface area contributed by atoms with Gasteiger partial charge in [-0.05, 0) is 13.8 Å². The number of primary amides is 3. The second-order valence-electron chi connectivity index (χ2n) is 3.86. The zero-order valence-electron chi connectivity index (χ0n) is 8.61. The van der Waals surface area contributed by atoms with E-state index in [1.807, 2.05) is 0 Å². The van der Waals surface area contributed by atoms with Crippen LogP contribution in [0.3, 0.4) is 0 Å². The molecule has 3 amide bonds. The van der Waals surface area contributed by atoms with Crippen LogP contribution in [0, 0.1) is 5.41 Å². The van der Waals surface area contributed by atoms with Crippen molar-refractivity contribution in [2.24, 2.45) is 22.6 Å². The zero-order chi connectivity index (χ0) is 12.4. The molecular weight excluding hydrogens is 202 g/mol. The van der Waals surface area contributed by atoms with E-state index in [0.717, 1.165) is 0 Å². The maximum absolute atomic E-state index is 11.1. The van der Waals surface area contributed by atoms with Gasteiger partial charge in [0.1, 0.15) is 0 Å². The molecule has 1 atom stereocenters. The Morgan fingerprint density at radius 2 is 1.47 bits per heavy atom. The van der Waals surface area contributed by atoms with Gasteiger partial charge in [-0.2, -0.15) is 0 Å². The van der Waals surface area contributed by atoms with Crippen LogP contribution in [-0.4, -0.2) is 28.4 Å². The van der Waals surface area contributed by atoms with E-state index in [1.165, 1.54) is 13.8 Å². The summed E-state index contributed by atoms with van der Waals surface area (Å²) in [5.74, 6) is -3.12. The van der Waals surface area contributed by atoms with Crippen molar-refractivity contribution in [1.29, 1.82) is 0 Å². The maximum atomic E-state index is 11.1. The first kappa shape index (κ1) is 13.4. The van der Waals surface area contributed by atoms with E-state index in [1.54, 1.807) is 0 Å². The van der Waals surface area contributed by atoms with Gasteiger partial charge in [-0.25, -0.2) is 0 Å². The fourth-order valence-electron chi connectivity index (χ4n) is 1.07. The molecule has 0 aromatic heterocycles. The van der Waals surface area contributed by atoms with Gasteiger partial charge in [0.15, 0.2) is 5.60 Å². The van der Waals surface area contributed by atoms with Gasteiger partial charge in [0.25, 0.3) is 5.91 Å². The molecule has 7 heteroatoms. The van der Waals surface area contributed by atoms with Gasteiger partial charge in [0.2, 0.25) is 11.8 Å². The van der Waals surface area contributed by atoms with E-state index < -0.39 is 35.2 Å². The summed E-state index contributed by atoms with van der Waals surface area (Å²) in [5.41, 5.74) is 10.8. The van der Waals surface area contributed by atoms with Gasteiger partial charge in [-0.15, -0.1) is 0 Å². The first-order chi connectivity index (χ1) is 6.55. The van der Waals surface area contributed by atoms with Crippen molar-refractivity contribution in [3.63, 3.8) is 0 Å². The zero-order valence-corrected chi connectivity index (χ0v) is 8.61. The highest BCUT2D eigenvalue weighted by Gasteiger charge is 2.53. The number of nitrogens with two attached hydrogens (primary N) is 3. The average molecular weight is 217 g/mol. The summed E-state index contributed by atoms with van der Waals surface area (Å²) in [5, 5.41) is 9.88. The van der Waals surface area contributed by atoms with E-state index in [2.05, 4.69) is 0 Å². The van der Waals surface area contributed by atoms with E-state index in [9.17, 15) is 19.5 Å². The van der Waals surface area contributed by atoms with Crippen LogP contribution in [0.5, 0.6) is 0 Å². The Balaban J connectivity index is 5.38. The van der Waals surface area contributed by atoms with Crippen LogP contribution in [0.4, 0.5) is 0 Å². The summed E-state index contributed by atoms with van der Waals surface area (Å²) in [6.45, 7) is 2.42. The molecule has 0 aliphatic carbocycles. The molecular formula is C8H15N3O4. The highest BCUT2D eigenvalue weighted by Crippen LogP contribution is 2.33. The third kappa shape index (κ3) is 2.24. The topological polar surface area (TPSA) is 150 Å². The normalized spacial score (nSPS) is 15.4. The summed E-state index contributed by atoms with van der Waals surface area (Å²) >= 11 is 0. The first-order valence-corrected chi connectivity index (χ1v) is 4.16. The number of aliphatic hydroxyl groups is 1. The van der Waals surface area contributed by atoms with Crippen molar-refractivity contribution in [1.82, 2.24) is 0 Å². The minimum Gasteiger partial charge on any atom is -0.378 e.